The quantitative estimate of drug-likeness (QED) is 0.634. The van der Waals surface area contributed by atoms with E-state index in [-0.39, 0.29) is 10.8 Å². The second-order valence-corrected chi connectivity index (χ2v) is 2.34. The maximum atomic E-state index is 11.6. The van der Waals surface area contributed by atoms with E-state index in [1.807, 2.05) is 0 Å². The summed E-state index contributed by atoms with van der Waals surface area (Å²) >= 11 is 5.53. The van der Waals surface area contributed by atoms with Gasteiger partial charge in [0.15, 0.2) is 0 Å². The fourth-order valence-electron chi connectivity index (χ4n) is 0.727. The summed E-state index contributed by atoms with van der Waals surface area (Å²) in [5.41, 5.74) is 0. The van der Waals surface area contributed by atoms with Crippen molar-refractivity contribution in [2.45, 2.75) is 13.0 Å². The van der Waals surface area contributed by atoms with Crippen molar-refractivity contribution in [1.29, 1.82) is 0 Å². The highest BCUT2D eigenvalue weighted by molar-refractivity contribution is 6.31. The summed E-state index contributed by atoms with van der Waals surface area (Å²) in [6.45, 7) is -2.80. The van der Waals surface area contributed by atoms with Crippen molar-refractivity contribution in [3.8, 4) is 0 Å². The lowest BCUT2D eigenvalue weighted by atomic mass is 10.2. The zero-order valence-electron chi connectivity index (χ0n) is 5.56. The topological polar surface area (TPSA) is 9.23 Å². The number of ether oxygens (including phenoxy) is 1. The fraction of sp³-hybridized carbons (Fsp3) is 0.286. The second kappa shape index (κ2) is 3.72. The molecule has 0 N–H and O–H groups in total. The zero-order valence-corrected chi connectivity index (χ0v) is 6.31. The number of rotatable bonds is 2. The van der Waals surface area contributed by atoms with Crippen LogP contribution in [0.25, 0.3) is 0 Å². The number of hydrogen-bond acceptors (Lipinski definition) is 1. The van der Waals surface area contributed by atoms with Crippen LogP contribution in [0.4, 0.5) is 8.78 Å². The van der Waals surface area contributed by atoms with Crippen LogP contribution in [0.3, 0.4) is 0 Å². The molecule has 0 amide bonds. The smallest absolute Gasteiger partial charge is 0.387 e. The lowest BCUT2D eigenvalue weighted by molar-refractivity contribution is -0.0929. The standard InChI is InChI=1S/C7H6ClF2O/c8-5-3-1-2-4-6(5)11-7(9)10/h1,3-4,7H,2H2. The van der Waals surface area contributed by atoms with Gasteiger partial charge in [0.25, 0.3) is 0 Å². The molecule has 0 aromatic heterocycles. The van der Waals surface area contributed by atoms with E-state index in [1.165, 1.54) is 6.08 Å². The zero-order chi connectivity index (χ0) is 8.27. The Morgan fingerprint density at radius 2 is 2.27 bits per heavy atom. The third-order valence-electron chi connectivity index (χ3n) is 1.15. The molecule has 0 aromatic rings. The van der Waals surface area contributed by atoms with E-state index in [1.54, 1.807) is 12.5 Å². The van der Waals surface area contributed by atoms with E-state index in [9.17, 15) is 8.78 Å². The van der Waals surface area contributed by atoms with Crippen LogP contribution in [0.5, 0.6) is 0 Å². The first-order valence-corrected chi connectivity index (χ1v) is 3.42. The molecule has 0 saturated heterocycles. The van der Waals surface area contributed by atoms with Gasteiger partial charge < -0.3 is 4.74 Å². The van der Waals surface area contributed by atoms with Gasteiger partial charge in [0, 0.05) is 0 Å². The average Bonchev–Trinajstić information content (AvgIpc) is 1.93. The van der Waals surface area contributed by atoms with Gasteiger partial charge in [-0.15, -0.1) is 0 Å². The van der Waals surface area contributed by atoms with E-state index in [4.69, 9.17) is 11.6 Å². The van der Waals surface area contributed by atoms with Gasteiger partial charge in [-0.05, 0) is 18.9 Å². The Bertz CT molecular complexity index is 199. The fourth-order valence-corrected chi connectivity index (χ4v) is 0.937. The van der Waals surface area contributed by atoms with Crippen molar-refractivity contribution >= 4 is 11.6 Å². The summed E-state index contributed by atoms with van der Waals surface area (Å²) in [5, 5.41) is 0.219. The average molecular weight is 180 g/mol. The maximum absolute atomic E-state index is 11.6. The molecule has 0 aliphatic heterocycles. The molecule has 0 unspecified atom stereocenters. The van der Waals surface area contributed by atoms with Crippen LogP contribution >= 0.6 is 11.6 Å². The van der Waals surface area contributed by atoms with Crippen LogP contribution in [-0.2, 0) is 4.74 Å². The second-order valence-electron chi connectivity index (χ2n) is 1.93. The number of allylic oxidation sites excluding steroid dienone is 3. The molecule has 1 rings (SSSR count). The van der Waals surface area contributed by atoms with Crippen molar-refractivity contribution < 1.29 is 13.5 Å². The van der Waals surface area contributed by atoms with E-state index < -0.39 is 6.61 Å². The molecular weight excluding hydrogens is 174 g/mol. The van der Waals surface area contributed by atoms with Crippen molar-refractivity contribution in [2.24, 2.45) is 0 Å². The highest BCUT2D eigenvalue weighted by atomic mass is 35.5. The van der Waals surface area contributed by atoms with Gasteiger partial charge in [-0.2, -0.15) is 8.78 Å². The van der Waals surface area contributed by atoms with Gasteiger partial charge >= 0.3 is 6.61 Å². The largest absolute Gasteiger partial charge is 0.434 e. The lowest BCUT2D eigenvalue weighted by Crippen LogP contribution is -2.01. The van der Waals surface area contributed by atoms with Crippen molar-refractivity contribution in [3.63, 3.8) is 0 Å². The minimum atomic E-state index is -2.80. The minimum Gasteiger partial charge on any atom is -0.434 e. The molecule has 0 aromatic carbocycles. The highest BCUT2D eigenvalue weighted by Crippen LogP contribution is 2.24. The Morgan fingerprint density at radius 1 is 1.55 bits per heavy atom. The summed E-state index contributed by atoms with van der Waals surface area (Å²) in [7, 11) is 0. The molecule has 4 heteroatoms. The monoisotopic (exact) mass is 179 g/mol. The van der Waals surface area contributed by atoms with Gasteiger partial charge in [-0.3, -0.25) is 0 Å². The molecule has 0 atom stereocenters. The molecule has 1 aliphatic carbocycles. The van der Waals surface area contributed by atoms with Gasteiger partial charge in [0.2, 0.25) is 0 Å². The summed E-state index contributed by atoms with van der Waals surface area (Å²) in [4.78, 5) is 0. The third kappa shape index (κ3) is 2.50. The molecule has 0 saturated carbocycles. The Hall–Kier alpha value is -0.570. The number of halogens is 3. The third-order valence-corrected chi connectivity index (χ3v) is 1.47. The predicted octanol–water partition coefficient (Wildman–Crippen LogP) is 2.84. The van der Waals surface area contributed by atoms with Gasteiger partial charge in [0.05, 0.1) is 5.03 Å². The number of hydrogen-bond donors (Lipinski definition) is 0. The molecule has 11 heavy (non-hydrogen) atoms. The van der Waals surface area contributed by atoms with Crippen molar-refractivity contribution in [2.75, 3.05) is 0 Å². The molecular formula is C7H6ClF2O. The Balaban J connectivity index is 2.56. The van der Waals surface area contributed by atoms with Crippen LogP contribution in [0.2, 0.25) is 0 Å². The Labute approximate surface area is 68.3 Å². The van der Waals surface area contributed by atoms with Crippen molar-refractivity contribution in [1.82, 2.24) is 0 Å². The molecule has 0 fully saturated rings. The molecule has 0 bridgehead atoms. The van der Waals surface area contributed by atoms with E-state index in [0.29, 0.717) is 6.42 Å². The summed E-state index contributed by atoms with van der Waals surface area (Å²) in [5.74, 6) is 0.0594. The lowest BCUT2D eigenvalue weighted by Gasteiger charge is -2.10. The first-order valence-electron chi connectivity index (χ1n) is 3.04. The van der Waals surface area contributed by atoms with Crippen LogP contribution in [-0.4, -0.2) is 6.61 Å². The van der Waals surface area contributed by atoms with E-state index in [2.05, 4.69) is 4.74 Å². The van der Waals surface area contributed by atoms with Crippen molar-refractivity contribution in [3.05, 3.63) is 29.4 Å². The van der Waals surface area contributed by atoms with E-state index >= 15 is 0 Å². The molecule has 1 nitrogen and oxygen atoms in total. The molecule has 1 radical (unpaired) electrons. The van der Waals surface area contributed by atoms with E-state index in [0.717, 1.165) is 0 Å². The predicted molar refractivity (Wildman–Crippen MR) is 38.0 cm³/mol. The molecule has 0 spiro atoms. The van der Waals surface area contributed by atoms with Gasteiger partial charge in [-0.1, -0.05) is 17.7 Å². The number of alkyl halides is 2. The summed E-state index contributed by atoms with van der Waals surface area (Å²) in [6.07, 6.45) is 5.40. The van der Waals surface area contributed by atoms with Gasteiger partial charge in [-0.25, -0.2) is 0 Å². The highest BCUT2D eigenvalue weighted by Gasteiger charge is 2.12. The van der Waals surface area contributed by atoms with Gasteiger partial charge in [0.1, 0.15) is 5.76 Å². The van der Waals surface area contributed by atoms with Crippen LogP contribution < -0.4 is 0 Å². The van der Waals surface area contributed by atoms with Crippen LogP contribution in [0.1, 0.15) is 6.42 Å². The first-order chi connectivity index (χ1) is 5.20. The molecule has 0 heterocycles. The Morgan fingerprint density at radius 3 is 2.82 bits per heavy atom. The minimum absolute atomic E-state index is 0.0594. The first kappa shape index (κ1) is 8.53. The Kier molecular flexibility index (Phi) is 2.88. The summed E-state index contributed by atoms with van der Waals surface area (Å²) < 4.78 is 27.4. The normalized spacial score (nSPS) is 17.8. The van der Waals surface area contributed by atoms with Crippen LogP contribution in [0, 0.1) is 6.42 Å². The summed E-state index contributed by atoms with van der Waals surface area (Å²) in [6, 6.07) is 0. The van der Waals surface area contributed by atoms with Crippen LogP contribution in [0.15, 0.2) is 22.9 Å². The SMILES string of the molecule is FC(F)OC1=CC[CH]C=C1Cl. The molecule has 1 aliphatic rings. The molecule has 61 valence electrons. The maximum Gasteiger partial charge on any atom is 0.387 e.